The zero-order chi connectivity index (χ0) is 13.8. The second-order valence-electron chi connectivity index (χ2n) is 4.67. The topological polar surface area (TPSA) is 30.5 Å². The van der Waals surface area contributed by atoms with E-state index in [0.29, 0.717) is 5.56 Å². The Hall–Kier alpha value is -0.720. The molecule has 0 heterocycles. The summed E-state index contributed by atoms with van der Waals surface area (Å²) in [5.41, 5.74) is 2.98. The molecule has 102 valence electrons. The van der Waals surface area contributed by atoms with Crippen molar-refractivity contribution in [2.24, 2.45) is 0 Å². The Kier molecular flexibility index (Phi) is 5.49. The van der Waals surface area contributed by atoms with Crippen LogP contribution in [0.15, 0.2) is 22.7 Å². The molecule has 1 aromatic rings. The van der Waals surface area contributed by atoms with Crippen LogP contribution in [0.25, 0.3) is 0 Å². The van der Waals surface area contributed by atoms with Crippen molar-refractivity contribution in [2.45, 2.75) is 39.5 Å². The van der Waals surface area contributed by atoms with Gasteiger partial charge in [-0.05, 0) is 39.0 Å². The zero-order valence-corrected chi connectivity index (χ0v) is 12.1. The van der Waals surface area contributed by atoms with E-state index in [-0.39, 0.29) is 17.9 Å². The number of hydrogen-bond acceptors (Lipinski definition) is 3. The van der Waals surface area contributed by atoms with Gasteiger partial charge in [-0.3, -0.25) is 4.84 Å². The average molecular weight is 324 g/mol. The monoisotopic (exact) mass is 323 g/mol. The highest BCUT2D eigenvalue weighted by atomic mass is 79.9. The van der Waals surface area contributed by atoms with Crippen LogP contribution >= 0.6 is 15.9 Å². The molecule has 0 radical (unpaired) electrons. The number of ether oxygens (including phenoxy) is 1. The molecule has 0 saturated heterocycles. The van der Waals surface area contributed by atoms with Crippen molar-refractivity contribution >= 4 is 15.9 Å². The fourth-order valence-corrected chi connectivity index (χ4v) is 1.64. The van der Waals surface area contributed by atoms with E-state index in [1.807, 2.05) is 20.8 Å². The average Bonchev–Trinajstić information content (AvgIpc) is 2.19. The minimum atomic E-state index is -2.84. The molecule has 1 N–H and O–H groups in total. The first kappa shape index (κ1) is 15.3. The van der Waals surface area contributed by atoms with Crippen LogP contribution in [0.3, 0.4) is 0 Å². The maximum atomic E-state index is 12.2. The lowest BCUT2D eigenvalue weighted by Gasteiger charge is -2.20. The number of rotatable bonds is 5. The summed E-state index contributed by atoms with van der Waals surface area (Å²) < 4.78 is 29.7. The van der Waals surface area contributed by atoms with Crippen molar-refractivity contribution in [1.29, 1.82) is 0 Å². The van der Waals surface area contributed by atoms with Crippen LogP contribution < -0.4 is 10.2 Å². The Morgan fingerprint density at radius 3 is 2.56 bits per heavy atom. The molecular weight excluding hydrogens is 308 g/mol. The maximum Gasteiger partial charge on any atom is 0.387 e. The highest BCUT2D eigenvalue weighted by molar-refractivity contribution is 9.10. The number of alkyl halides is 2. The van der Waals surface area contributed by atoms with E-state index in [0.717, 1.165) is 4.47 Å². The minimum absolute atomic E-state index is 0.137. The standard InChI is InChI=1S/C12H16BrF2NO2/c1-12(2,3)18-16-7-8-6-9(13)4-5-10(8)17-11(14)15/h4-6,11,16H,7H2,1-3H3. The van der Waals surface area contributed by atoms with Crippen LogP contribution in [0.4, 0.5) is 8.78 Å². The van der Waals surface area contributed by atoms with Gasteiger partial charge in [0.1, 0.15) is 5.75 Å². The number of benzene rings is 1. The number of hydrogen-bond donors (Lipinski definition) is 1. The molecule has 0 aliphatic rings. The van der Waals surface area contributed by atoms with Gasteiger partial charge in [-0.2, -0.15) is 14.3 Å². The Morgan fingerprint density at radius 1 is 1.33 bits per heavy atom. The van der Waals surface area contributed by atoms with Crippen molar-refractivity contribution in [1.82, 2.24) is 5.48 Å². The first-order valence-electron chi connectivity index (χ1n) is 5.42. The van der Waals surface area contributed by atoms with E-state index < -0.39 is 6.61 Å². The smallest absolute Gasteiger partial charge is 0.387 e. The molecule has 0 aliphatic heterocycles. The van der Waals surface area contributed by atoms with Crippen LogP contribution in [0.1, 0.15) is 26.3 Å². The zero-order valence-electron chi connectivity index (χ0n) is 10.5. The summed E-state index contributed by atoms with van der Waals surface area (Å²) in [6.45, 7) is 3.10. The summed E-state index contributed by atoms with van der Waals surface area (Å²) in [5, 5.41) is 0. The molecule has 1 aromatic carbocycles. The molecule has 1 rings (SSSR count). The van der Waals surface area contributed by atoms with Crippen LogP contribution in [-0.2, 0) is 11.4 Å². The van der Waals surface area contributed by atoms with Crippen LogP contribution in [-0.4, -0.2) is 12.2 Å². The molecule has 0 atom stereocenters. The van der Waals surface area contributed by atoms with E-state index in [1.165, 1.54) is 6.07 Å². The van der Waals surface area contributed by atoms with Gasteiger partial charge in [0.25, 0.3) is 0 Å². The molecule has 0 spiro atoms. The molecule has 0 bridgehead atoms. The highest BCUT2D eigenvalue weighted by Crippen LogP contribution is 2.24. The molecular formula is C12H16BrF2NO2. The second-order valence-corrected chi connectivity index (χ2v) is 5.58. The van der Waals surface area contributed by atoms with E-state index in [4.69, 9.17) is 4.84 Å². The first-order valence-corrected chi connectivity index (χ1v) is 6.21. The van der Waals surface area contributed by atoms with Gasteiger partial charge in [0.15, 0.2) is 0 Å². The van der Waals surface area contributed by atoms with E-state index in [2.05, 4.69) is 26.1 Å². The largest absolute Gasteiger partial charge is 0.434 e. The van der Waals surface area contributed by atoms with Crippen molar-refractivity contribution in [3.05, 3.63) is 28.2 Å². The van der Waals surface area contributed by atoms with Gasteiger partial charge in [0.2, 0.25) is 0 Å². The van der Waals surface area contributed by atoms with Crippen LogP contribution in [0, 0.1) is 0 Å². The Labute approximate surface area is 114 Å². The number of hydroxylamine groups is 1. The number of halogens is 3. The fraction of sp³-hybridized carbons (Fsp3) is 0.500. The maximum absolute atomic E-state index is 12.2. The van der Waals surface area contributed by atoms with Crippen molar-refractivity contribution in [3.63, 3.8) is 0 Å². The quantitative estimate of drug-likeness (QED) is 0.834. The normalized spacial score (nSPS) is 11.9. The lowest BCUT2D eigenvalue weighted by Crippen LogP contribution is -2.28. The second kappa shape index (κ2) is 6.45. The molecule has 0 amide bonds. The third-order valence-corrected chi connectivity index (χ3v) is 2.37. The van der Waals surface area contributed by atoms with Gasteiger partial charge >= 0.3 is 6.61 Å². The Balaban J connectivity index is 2.70. The summed E-state index contributed by atoms with van der Waals surface area (Å²) in [7, 11) is 0. The number of nitrogens with one attached hydrogen (secondary N) is 1. The van der Waals surface area contributed by atoms with Gasteiger partial charge in [-0.15, -0.1) is 0 Å². The molecule has 0 saturated carbocycles. The van der Waals surface area contributed by atoms with Crippen LogP contribution in [0.2, 0.25) is 0 Å². The highest BCUT2D eigenvalue weighted by Gasteiger charge is 2.13. The van der Waals surface area contributed by atoms with Gasteiger partial charge in [-0.1, -0.05) is 15.9 Å². The van der Waals surface area contributed by atoms with Crippen molar-refractivity contribution < 1.29 is 18.4 Å². The molecule has 18 heavy (non-hydrogen) atoms. The molecule has 0 fully saturated rings. The third kappa shape index (κ3) is 5.75. The fourth-order valence-electron chi connectivity index (χ4n) is 1.23. The van der Waals surface area contributed by atoms with Gasteiger partial charge in [0, 0.05) is 16.6 Å². The van der Waals surface area contributed by atoms with Crippen molar-refractivity contribution in [3.8, 4) is 5.75 Å². The van der Waals surface area contributed by atoms with E-state index >= 15 is 0 Å². The lowest BCUT2D eigenvalue weighted by atomic mass is 10.2. The lowest BCUT2D eigenvalue weighted by molar-refractivity contribution is -0.0776. The summed E-state index contributed by atoms with van der Waals surface area (Å²) in [4.78, 5) is 5.32. The summed E-state index contributed by atoms with van der Waals surface area (Å²) in [6.07, 6.45) is 0. The van der Waals surface area contributed by atoms with Crippen molar-refractivity contribution in [2.75, 3.05) is 0 Å². The molecule has 3 nitrogen and oxygen atoms in total. The van der Waals surface area contributed by atoms with Crippen LogP contribution in [0.5, 0.6) is 5.75 Å². The Morgan fingerprint density at radius 2 is 2.00 bits per heavy atom. The third-order valence-electron chi connectivity index (χ3n) is 1.88. The molecule has 6 heteroatoms. The summed E-state index contributed by atoms with van der Waals surface area (Å²) in [6, 6.07) is 4.84. The van der Waals surface area contributed by atoms with E-state index in [9.17, 15) is 8.78 Å². The molecule has 0 aromatic heterocycles. The minimum Gasteiger partial charge on any atom is -0.434 e. The first-order chi connectivity index (χ1) is 8.28. The predicted molar refractivity (Wildman–Crippen MR) is 68.5 cm³/mol. The predicted octanol–water partition coefficient (Wildman–Crippen LogP) is 3.87. The summed E-state index contributed by atoms with van der Waals surface area (Å²) >= 11 is 3.28. The molecule has 0 aliphatic carbocycles. The Bertz CT molecular complexity index is 394. The van der Waals surface area contributed by atoms with Gasteiger partial charge < -0.3 is 4.74 Å². The van der Waals surface area contributed by atoms with E-state index in [1.54, 1.807) is 12.1 Å². The molecule has 0 unspecified atom stereocenters. The SMILES string of the molecule is CC(C)(C)ONCc1cc(Br)ccc1OC(F)F. The van der Waals surface area contributed by atoms with Gasteiger partial charge in [-0.25, -0.2) is 0 Å². The van der Waals surface area contributed by atoms with Gasteiger partial charge in [0.05, 0.1) is 5.60 Å². The summed E-state index contributed by atoms with van der Waals surface area (Å²) in [5.74, 6) is 0.137.